The van der Waals surface area contributed by atoms with Crippen LogP contribution in [0.15, 0.2) is 42.7 Å². The molecule has 3 aromatic rings. The molecule has 2 heterocycles. The molecule has 2 aromatic heterocycles. The van der Waals surface area contributed by atoms with Gasteiger partial charge in [0.05, 0.1) is 5.69 Å². The molecular formula is C19H19FN4O. The number of carbonyl (C=O) groups is 1. The molecule has 0 aliphatic heterocycles. The van der Waals surface area contributed by atoms with E-state index in [1.54, 1.807) is 35.1 Å². The van der Waals surface area contributed by atoms with Crippen LogP contribution < -0.4 is 0 Å². The number of rotatable bonds is 5. The Kier molecular flexibility index (Phi) is 3.95. The first kappa shape index (κ1) is 15.7. The van der Waals surface area contributed by atoms with E-state index in [-0.39, 0.29) is 11.7 Å². The number of benzene rings is 1. The quantitative estimate of drug-likeness (QED) is 0.718. The summed E-state index contributed by atoms with van der Waals surface area (Å²) in [5.74, 6) is 0.216. The largest absolute Gasteiger partial charge is 0.334 e. The lowest BCUT2D eigenvalue weighted by atomic mass is 10.1. The number of hydrogen-bond acceptors (Lipinski definition) is 3. The number of aryl methyl sites for hydroxylation is 1. The highest BCUT2D eigenvalue weighted by Gasteiger charge is 2.30. The van der Waals surface area contributed by atoms with Crippen molar-refractivity contribution in [3.8, 4) is 0 Å². The summed E-state index contributed by atoms with van der Waals surface area (Å²) in [6.07, 6.45) is 5.76. The molecule has 6 heteroatoms. The van der Waals surface area contributed by atoms with E-state index < -0.39 is 0 Å². The summed E-state index contributed by atoms with van der Waals surface area (Å²) < 4.78 is 14.8. The SMILES string of the molecule is Cc1nn2cccnc2c1C(=O)N(Cc1ccc(F)cc1)CC1CC1. The monoisotopic (exact) mass is 338 g/mol. The summed E-state index contributed by atoms with van der Waals surface area (Å²) >= 11 is 0. The molecule has 0 spiro atoms. The molecule has 0 radical (unpaired) electrons. The van der Waals surface area contributed by atoms with E-state index in [1.807, 2.05) is 11.8 Å². The number of nitrogens with zero attached hydrogens (tertiary/aromatic N) is 4. The predicted octanol–water partition coefficient (Wildman–Crippen LogP) is 3.23. The van der Waals surface area contributed by atoms with Crippen LogP contribution >= 0.6 is 0 Å². The Hall–Kier alpha value is -2.76. The number of halogens is 1. The summed E-state index contributed by atoms with van der Waals surface area (Å²) in [6.45, 7) is 2.99. The number of aromatic nitrogens is 3. The minimum atomic E-state index is -0.272. The number of hydrogen-bond donors (Lipinski definition) is 0. The molecule has 0 saturated heterocycles. The van der Waals surface area contributed by atoms with Crippen LogP contribution in [0, 0.1) is 18.7 Å². The molecule has 1 aliphatic rings. The van der Waals surface area contributed by atoms with Crippen molar-refractivity contribution in [1.29, 1.82) is 0 Å². The topological polar surface area (TPSA) is 50.5 Å². The zero-order valence-corrected chi connectivity index (χ0v) is 14.0. The Labute approximate surface area is 145 Å². The zero-order valence-electron chi connectivity index (χ0n) is 14.0. The maximum atomic E-state index is 13.2. The molecule has 128 valence electrons. The third kappa shape index (κ3) is 3.24. The van der Waals surface area contributed by atoms with Crippen LogP contribution in [0.2, 0.25) is 0 Å². The predicted molar refractivity (Wildman–Crippen MR) is 91.6 cm³/mol. The molecule has 1 fully saturated rings. The summed E-state index contributed by atoms with van der Waals surface area (Å²) in [7, 11) is 0. The average Bonchev–Trinajstić information content (AvgIpc) is 3.35. The summed E-state index contributed by atoms with van der Waals surface area (Å²) in [5, 5.41) is 4.39. The van der Waals surface area contributed by atoms with E-state index in [4.69, 9.17) is 0 Å². The van der Waals surface area contributed by atoms with Gasteiger partial charge in [0.25, 0.3) is 5.91 Å². The second kappa shape index (κ2) is 6.27. The van der Waals surface area contributed by atoms with Crippen molar-refractivity contribution in [3.63, 3.8) is 0 Å². The molecule has 25 heavy (non-hydrogen) atoms. The molecule has 4 rings (SSSR count). The van der Waals surface area contributed by atoms with Gasteiger partial charge in [-0.25, -0.2) is 13.9 Å². The Balaban J connectivity index is 1.67. The highest BCUT2D eigenvalue weighted by Crippen LogP contribution is 2.31. The fourth-order valence-electron chi connectivity index (χ4n) is 3.05. The van der Waals surface area contributed by atoms with Gasteiger partial charge in [-0.15, -0.1) is 0 Å². The Morgan fingerprint density at radius 3 is 2.80 bits per heavy atom. The van der Waals surface area contributed by atoms with Gasteiger partial charge in [0, 0.05) is 25.5 Å². The van der Waals surface area contributed by atoms with Crippen molar-refractivity contribution < 1.29 is 9.18 Å². The molecule has 0 atom stereocenters. The highest BCUT2D eigenvalue weighted by atomic mass is 19.1. The van der Waals surface area contributed by atoms with Gasteiger partial charge >= 0.3 is 0 Å². The van der Waals surface area contributed by atoms with E-state index in [1.165, 1.54) is 12.1 Å². The van der Waals surface area contributed by atoms with E-state index >= 15 is 0 Å². The van der Waals surface area contributed by atoms with Crippen molar-refractivity contribution in [2.24, 2.45) is 5.92 Å². The van der Waals surface area contributed by atoms with Crippen molar-refractivity contribution in [1.82, 2.24) is 19.5 Å². The lowest BCUT2D eigenvalue weighted by Gasteiger charge is -2.22. The molecule has 0 N–H and O–H groups in total. The Morgan fingerprint density at radius 2 is 2.08 bits per heavy atom. The molecule has 5 nitrogen and oxygen atoms in total. The summed E-state index contributed by atoms with van der Waals surface area (Å²) in [4.78, 5) is 19.4. The first-order valence-electron chi connectivity index (χ1n) is 8.45. The van der Waals surface area contributed by atoms with Crippen LogP contribution in [-0.2, 0) is 6.54 Å². The van der Waals surface area contributed by atoms with Crippen LogP contribution in [0.4, 0.5) is 4.39 Å². The lowest BCUT2D eigenvalue weighted by Crippen LogP contribution is -2.33. The van der Waals surface area contributed by atoms with Crippen LogP contribution in [0.25, 0.3) is 5.65 Å². The number of carbonyl (C=O) groups excluding carboxylic acids is 1. The first-order chi connectivity index (χ1) is 12.1. The minimum absolute atomic E-state index is 0.0672. The zero-order chi connectivity index (χ0) is 17.4. The first-order valence-corrected chi connectivity index (χ1v) is 8.45. The third-order valence-corrected chi connectivity index (χ3v) is 4.53. The van der Waals surface area contributed by atoms with Gasteiger partial charge in [-0.1, -0.05) is 12.1 Å². The Morgan fingerprint density at radius 1 is 1.32 bits per heavy atom. The standard InChI is InChI=1S/C19H19FN4O/c1-13-17(18-21-9-2-10-24(18)22-13)19(25)23(11-14-3-4-14)12-15-5-7-16(20)8-6-15/h2,5-10,14H,3-4,11-12H2,1H3. The smallest absolute Gasteiger partial charge is 0.259 e. The third-order valence-electron chi connectivity index (χ3n) is 4.53. The maximum Gasteiger partial charge on any atom is 0.259 e. The molecule has 1 amide bonds. The lowest BCUT2D eigenvalue weighted by molar-refractivity contribution is 0.0736. The van der Waals surface area contributed by atoms with Crippen molar-refractivity contribution in [3.05, 3.63) is 65.4 Å². The molecule has 1 aliphatic carbocycles. The maximum absolute atomic E-state index is 13.2. The van der Waals surface area contributed by atoms with Crippen molar-refractivity contribution in [2.45, 2.75) is 26.3 Å². The minimum Gasteiger partial charge on any atom is -0.334 e. The second-order valence-corrected chi connectivity index (χ2v) is 6.60. The Bertz CT molecular complexity index is 915. The molecule has 1 aromatic carbocycles. The summed E-state index contributed by atoms with van der Waals surface area (Å²) in [6, 6.07) is 8.09. The van der Waals surface area contributed by atoms with Crippen LogP contribution in [0.5, 0.6) is 0 Å². The summed E-state index contributed by atoms with van der Waals surface area (Å²) in [5.41, 5.74) is 2.70. The molecule has 0 unspecified atom stereocenters. The van der Waals surface area contributed by atoms with Gasteiger partial charge < -0.3 is 4.90 Å². The van der Waals surface area contributed by atoms with Crippen molar-refractivity contribution >= 4 is 11.6 Å². The average molecular weight is 338 g/mol. The fourth-order valence-corrected chi connectivity index (χ4v) is 3.05. The van der Waals surface area contributed by atoms with E-state index in [0.717, 1.165) is 18.4 Å². The van der Waals surface area contributed by atoms with Gasteiger partial charge in [-0.2, -0.15) is 5.10 Å². The van der Waals surface area contributed by atoms with Crippen LogP contribution in [-0.4, -0.2) is 31.9 Å². The fraction of sp³-hybridized carbons (Fsp3) is 0.316. The van der Waals surface area contributed by atoms with Crippen LogP contribution in [0.1, 0.15) is 34.5 Å². The number of amides is 1. The number of fused-ring (bicyclic) bond motifs is 1. The van der Waals surface area contributed by atoms with Gasteiger partial charge in [0.15, 0.2) is 5.65 Å². The van der Waals surface area contributed by atoms with E-state index in [2.05, 4.69) is 10.1 Å². The van der Waals surface area contributed by atoms with E-state index in [0.29, 0.717) is 35.9 Å². The van der Waals surface area contributed by atoms with E-state index in [9.17, 15) is 9.18 Å². The second-order valence-electron chi connectivity index (χ2n) is 6.60. The van der Waals surface area contributed by atoms with Gasteiger partial charge in [-0.05, 0) is 49.4 Å². The van der Waals surface area contributed by atoms with Gasteiger partial charge in [0.1, 0.15) is 11.4 Å². The molecule has 0 bridgehead atoms. The highest BCUT2D eigenvalue weighted by molar-refractivity contribution is 6.01. The van der Waals surface area contributed by atoms with Crippen LogP contribution in [0.3, 0.4) is 0 Å². The van der Waals surface area contributed by atoms with Crippen molar-refractivity contribution in [2.75, 3.05) is 6.54 Å². The van der Waals surface area contributed by atoms with Gasteiger partial charge in [0.2, 0.25) is 0 Å². The molecule has 1 saturated carbocycles. The molecular weight excluding hydrogens is 319 g/mol. The van der Waals surface area contributed by atoms with Gasteiger partial charge in [-0.3, -0.25) is 4.79 Å². The normalized spacial score (nSPS) is 14.0.